The standard InChI is InChI=1S/C14H25/c1-5-6-7-8-11-14(4)12-9-10-13(2)3/h10-11H,1,5-9,12H2,2-4H3/b14-11+. The van der Waals surface area contributed by atoms with Crippen molar-refractivity contribution in [3.63, 3.8) is 0 Å². The minimum absolute atomic E-state index is 1.07. The van der Waals surface area contributed by atoms with E-state index in [1.165, 1.54) is 43.3 Å². The third kappa shape index (κ3) is 9.57. The van der Waals surface area contributed by atoms with Gasteiger partial charge in [-0.25, -0.2) is 0 Å². The van der Waals surface area contributed by atoms with Gasteiger partial charge in [-0.3, -0.25) is 0 Å². The number of hydrogen-bond donors (Lipinski definition) is 0. The maximum atomic E-state index is 3.84. The first-order chi connectivity index (χ1) is 6.66. The van der Waals surface area contributed by atoms with Crippen molar-refractivity contribution < 1.29 is 0 Å². The van der Waals surface area contributed by atoms with Gasteiger partial charge in [0.2, 0.25) is 0 Å². The normalized spacial score (nSPS) is 11.6. The lowest BCUT2D eigenvalue weighted by atomic mass is 10.1. The maximum Gasteiger partial charge on any atom is -0.0288 e. The Bertz CT molecular complexity index is 180. The maximum absolute atomic E-state index is 3.84. The number of allylic oxidation sites excluding steroid dienone is 4. The summed E-state index contributed by atoms with van der Waals surface area (Å²) in [5, 5.41) is 0. The summed E-state index contributed by atoms with van der Waals surface area (Å²) in [5.74, 6) is 0. The van der Waals surface area contributed by atoms with Crippen LogP contribution in [0.4, 0.5) is 0 Å². The first-order valence-electron chi connectivity index (χ1n) is 5.75. The van der Waals surface area contributed by atoms with Gasteiger partial charge in [-0.05, 0) is 46.5 Å². The Hall–Kier alpha value is -0.520. The van der Waals surface area contributed by atoms with Crippen molar-refractivity contribution in [2.75, 3.05) is 0 Å². The molecular weight excluding hydrogens is 168 g/mol. The fourth-order valence-electron chi connectivity index (χ4n) is 1.36. The van der Waals surface area contributed by atoms with Gasteiger partial charge in [-0.2, -0.15) is 0 Å². The quantitative estimate of drug-likeness (QED) is 0.391. The van der Waals surface area contributed by atoms with Crippen molar-refractivity contribution in [3.05, 3.63) is 30.2 Å². The molecule has 0 fully saturated rings. The Morgan fingerprint density at radius 1 is 1.00 bits per heavy atom. The number of unbranched alkanes of at least 4 members (excludes halogenated alkanes) is 3. The zero-order valence-electron chi connectivity index (χ0n) is 10.1. The second-order valence-corrected chi connectivity index (χ2v) is 4.22. The molecule has 0 heteroatoms. The highest BCUT2D eigenvalue weighted by Crippen LogP contribution is 2.09. The van der Waals surface area contributed by atoms with Gasteiger partial charge in [-0.1, -0.05) is 43.1 Å². The summed E-state index contributed by atoms with van der Waals surface area (Å²) in [5.41, 5.74) is 2.96. The van der Waals surface area contributed by atoms with Crippen LogP contribution in [0.3, 0.4) is 0 Å². The molecule has 0 aromatic rings. The Morgan fingerprint density at radius 2 is 1.71 bits per heavy atom. The average molecular weight is 193 g/mol. The third-order valence-corrected chi connectivity index (χ3v) is 2.29. The van der Waals surface area contributed by atoms with Gasteiger partial charge < -0.3 is 0 Å². The summed E-state index contributed by atoms with van der Waals surface area (Å²) in [6.45, 7) is 10.4. The Morgan fingerprint density at radius 3 is 2.29 bits per heavy atom. The van der Waals surface area contributed by atoms with Crippen molar-refractivity contribution >= 4 is 0 Å². The first kappa shape index (κ1) is 13.5. The first-order valence-corrected chi connectivity index (χ1v) is 5.75. The smallest absolute Gasteiger partial charge is 0.0288 e. The fraction of sp³-hybridized carbons (Fsp3) is 0.643. The van der Waals surface area contributed by atoms with Crippen LogP contribution < -0.4 is 0 Å². The number of hydrogen-bond acceptors (Lipinski definition) is 0. The molecule has 0 atom stereocenters. The van der Waals surface area contributed by atoms with Gasteiger partial charge in [0.15, 0.2) is 0 Å². The molecule has 0 aliphatic rings. The van der Waals surface area contributed by atoms with Crippen LogP contribution in [0.1, 0.15) is 59.3 Å². The average Bonchev–Trinajstić information content (AvgIpc) is 2.12. The monoisotopic (exact) mass is 193 g/mol. The highest BCUT2D eigenvalue weighted by molar-refractivity contribution is 5.01. The van der Waals surface area contributed by atoms with E-state index in [1.54, 1.807) is 0 Å². The lowest BCUT2D eigenvalue weighted by Crippen LogP contribution is -1.79. The predicted molar refractivity (Wildman–Crippen MR) is 66.2 cm³/mol. The molecule has 0 aromatic carbocycles. The molecule has 0 aliphatic carbocycles. The summed E-state index contributed by atoms with van der Waals surface area (Å²) in [6, 6.07) is 0. The van der Waals surface area contributed by atoms with Crippen LogP contribution in [0.15, 0.2) is 23.3 Å². The predicted octanol–water partition coefficient (Wildman–Crippen LogP) is 5.07. The highest BCUT2D eigenvalue weighted by Gasteiger charge is 1.89. The molecule has 0 heterocycles. The second kappa shape index (κ2) is 9.05. The summed E-state index contributed by atoms with van der Waals surface area (Å²) in [6.07, 6.45) is 12.0. The molecule has 0 N–H and O–H groups in total. The van der Waals surface area contributed by atoms with Crippen molar-refractivity contribution in [3.8, 4) is 0 Å². The molecule has 0 aromatic heterocycles. The SMILES string of the molecule is [CH2]CCCC/C=C(\C)CCC=C(C)C. The van der Waals surface area contributed by atoms with Crippen LogP contribution in [-0.2, 0) is 0 Å². The summed E-state index contributed by atoms with van der Waals surface area (Å²) in [7, 11) is 0. The van der Waals surface area contributed by atoms with E-state index in [0.717, 1.165) is 6.42 Å². The largest absolute Gasteiger partial charge is 0.0856 e. The molecule has 0 saturated heterocycles. The van der Waals surface area contributed by atoms with Crippen molar-refractivity contribution in [1.29, 1.82) is 0 Å². The molecule has 81 valence electrons. The van der Waals surface area contributed by atoms with Crippen LogP contribution in [0, 0.1) is 6.92 Å². The van der Waals surface area contributed by atoms with Crippen molar-refractivity contribution in [2.24, 2.45) is 0 Å². The van der Waals surface area contributed by atoms with Crippen LogP contribution in [-0.4, -0.2) is 0 Å². The minimum atomic E-state index is 1.07. The molecule has 0 nitrogen and oxygen atoms in total. The molecule has 0 rings (SSSR count). The van der Waals surface area contributed by atoms with E-state index in [4.69, 9.17) is 0 Å². The van der Waals surface area contributed by atoms with Gasteiger partial charge in [0.25, 0.3) is 0 Å². The molecule has 0 aliphatic heterocycles. The lowest BCUT2D eigenvalue weighted by molar-refractivity contribution is 0.755. The molecule has 0 amide bonds. The van der Waals surface area contributed by atoms with Gasteiger partial charge >= 0.3 is 0 Å². The van der Waals surface area contributed by atoms with E-state index in [0.29, 0.717) is 0 Å². The van der Waals surface area contributed by atoms with E-state index in [2.05, 4.69) is 39.8 Å². The third-order valence-electron chi connectivity index (χ3n) is 2.29. The zero-order chi connectivity index (χ0) is 10.8. The van der Waals surface area contributed by atoms with Gasteiger partial charge in [0.05, 0.1) is 0 Å². The van der Waals surface area contributed by atoms with E-state index in [-0.39, 0.29) is 0 Å². The summed E-state index contributed by atoms with van der Waals surface area (Å²) in [4.78, 5) is 0. The van der Waals surface area contributed by atoms with E-state index in [1.807, 2.05) is 0 Å². The van der Waals surface area contributed by atoms with Crippen molar-refractivity contribution in [1.82, 2.24) is 0 Å². The molecular formula is C14H25. The molecule has 0 saturated carbocycles. The molecule has 0 bridgehead atoms. The van der Waals surface area contributed by atoms with Crippen LogP contribution in [0.25, 0.3) is 0 Å². The Balaban J connectivity index is 3.52. The van der Waals surface area contributed by atoms with Crippen molar-refractivity contribution in [2.45, 2.75) is 59.3 Å². The van der Waals surface area contributed by atoms with Crippen LogP contribution >= 0.6 is 0 Å². The van der Waals surface area contributed by atoms with E-state index < -0.39 is 0 Å². The van der Waals surface area contributed by atoms with Crippen LogP contribution in [0.5, 0.6) is 0 Å². The molecule has 0 spiro atoms. The number of rotatable bonds is 7. The molecule has 14 heavy (non-hydrogen) atoms. The second-order valence-electron chi connectivity index (χ2n) is 4.22. The topological polar surface area (TPSA) is 0 Å². The van der Waals surface area contributed by atoms with Crippen LogP contribution in [0.2, 0.25) is 0 Å². The Labute approximate surface area is 90.1 Å². The highest BCUT2D eigenvalue weighted by atomic mass is 14.0. The van der Waals surface area contributed by atoms with Gasteiger partial charge in [0.1, 0.15) is 0 Å². The zero-order valence-corrected chi connectivity index (χ0v) is 10.1. The minimum Gasteiger partial charge on any atom is -0.0856 e. The summed E-state index contributed by atoms with van der Waals surface area (Å²) >= 11 is 0. The fourth-order valence-corrected chi connectivity index (χ4v) is 1.36. The lowest BCUT2D eigenvalue weighted by Gasteiger charge is -1.99. The molecule has 1 radical (unpaired) electrons. The van der Waals surface area contributed by atoms with E-state index in [9.17, 15) is 0 Å². The van der Waals surface area contributed by atoms with Gasteiger partial charge in [-0.15, -0.1) is 0 Å². The summed E-state index contributed by atoms with van der Waals surface area (Å²) < 4.78 is 0. The molecule has 0 unspecified atom stereocenters. The van der Waals surface area contributed by atoms with Gasteiger partial charge in [0, 0.05) is 0 Å². The Kier molecular flexibility index (Phi) is 8.72. The van der Waals surface area contributed by atoms with E-state index >= 15 is 0 Å².